The standard InChI is InChI=1S/C29H38N2.2C27H55.Pd/c1-5-9-11-19-27-26(18-10-6-2)28(24-16-12-14-22(7-3)20-24)31(30)29(27)25-17-13-15-23(8-4)21-25;2*1-3-5-7-9-11-13-15-17-19-21-23-25-27-26-24-22-20-18-16-14-12-10-8-6-4-2;/h12-17,20-21H,5-11,18-19H2,1-4H3;2*1,3-27H2,2H3;/q;2*-1;+2. The van der Waals surface area contributed by atoms with Gasteiger partial charge in [0.1, 0.15) is 0 Å². The Labute approximate surface area is 554 Å². The van der Waals surface area contributed by atoms with Crippen molar-refractivity contribution in [3.63, 3.8) is 0 Å². The Morgan fingerprint density at radius 3 is 0.709 bits per heavy atom. The third-order valence-corrected chi connectivity index (χ3v) is 18.6. The topological polar surface area (TPSA) is 25.3 Å². The minimum absolute atomic E-state index is 0. The first-order chi connectivity index (χ1) is 42.0. The Hall–Kier alpha value is -1.82. The summed E-state index contributed by atoms with van der Waals surface area (Å²) in [6.45, 7) is 21.3. The van der Waals surface area contributed by atoms with E-state index in [1.54, 1.807) is 0 Å². The molecule has 500 valence electrons. The summed E-state index contributed by atoms with van der Waals surface area (Å²) < 4.78 is 1.51. The number of nitrogens with zero attached hydrogens (tertiary/aromatic N) is 2. The molecule has 1 aliphatic heterocycles. The van der Waals surface area contributed by atoms with Crippen LogP contribution in [0.1, 0.15) is 430 Å². The van der Waals surface area contributed by atoms with Gasteiger partial charge in [0.15, 0.2) is 0 Å². The quantitative estimate of drug-likeness (QED) is 0.0273. The van der Waals surface area contributed by atoms with Crippen molar-refractivity contribution < 1.29 is 25.1 Å². The van der Waals surface area contributed by atoms with Crippen molar-refractivity contribution in [2.24, 2.45) is 0 Å². The fraction of sp³-hybridized carbons (Fsp3) is 0.783. The van der Waals surface area contributed by atoms with Crippen molar-refractivity contribution in [1.82, 2.24) is 0 Å². The van der Waals surface area contributed by atoms with Gasteiger partial charge >= 0.3 is 20.4 Å². The molecule has 2 aromatic rings. The average Bonchev–Trinajstić information content (AvgIpc) is 1.71. The average molecular weight is 1280 g/mol. The van der Waals surface area contributed by atoms with Crippen LogP contribution in [0.2, 0.25) is 0 Å². The van der Waals surface area contributed by atoms with Crippen molar-refractivity contribution in [3.05, 3.63) is 101 Å². The maximum absolute atomic E-state index is 11.6. The molecule has 0 aromatic heterocycles. The number of benzene rings is 2. The zero-order valence-electron chi connectivity index (χ0n) is 59.0. The fourth-order valence-electron chi connectivity index (χ4n) is 12.8. The normalized spacial score (nSPS) is 12.2. The molecule has 86 heavy (non-hydrogen) atoms. The predicted molar refractivity (Wildman–Crippen MR) is 386 cm³/mol. The maximum atomic E-state index is 11.6. The molecule has 1 heterocycles. The Bertz CT molecular complexity index is 1710. The van der Waals surface area contributed by atoms with E-state index in [1.165, 1.54) is 348 Å². The second-order valence-electron chi connectivity index (χ2n) is 26.6. The van der Waals surface area contributed by atoms with E-state index in [2.05, 4.69) is 104 Å². The number of unbranched alkanes of at least 4 members (excludes halogenated alkanes) is 51. The van der Waals surface area contributed by atoms with Gasteiger partial charge < -0.3 is 19.4 Å². The number of rotatable bonds is 59. The predicted octanol–water partition coefficient (Wildman–Crippen LogP) is 29.9. The van der Waals surface area contributed by atoms with Gasteiger partial charge in [-0.2, -0.15) is 12.8 Å². The van der Waals surface area contributed by atoms with Crippen molar-refractivity contribution >= 4 is 11.4 Å². The van der Waals surface area contributed by atoms with Gasteiger partial charge in [-0.3, -0.25) is 0 Å². The second kappa shape index (κ2) is 66.1. The van der Waals surface area contributed by atoms with Gasteiger partial charge in [-0.05, 0) is 73.9 Å². The van der Waals surface area contributed by atoms with E-state index in [0.717, 1.165) is 80.3 Å². The van der Waals surface area contributed by atoms with Crippen LogP contribution in [0.25, 0.3) is 16.9 Å². The van der Waals surface area contributed by atoms with E-state index in [-0.39, 0.29) is 20.4 Å². The van der Waals surface area contributed by atoms with Crippen molar-refractivity contribution in [2.75, 3.05) is 0 Å². The summed E-state index contributed by atoms with van der Waals surface area (Å²) in [5.74, 6) is 0. The summed E-state index contributed by atoms with van der Waals surface area (Å²) in [6.07, 6.45) is 82.5. The van der Waals surface area contributed by atoms with Gasteiger partial charge in [-0.25, -0.2) is 4.70 Å². The number of hydrogen-bond acceptors (Lipinski definition) is 0. The molecule has 0 spiro atoms. The maximum Gasteiger partial charge on any atom is 2.00 e. The summed E-state index contributed by atoms with van der Waals surface area (Å²) in [5, 5.41) is 0. The van der Waals surface area contributed by atoms with Gasteiger partial charge in [0.2, 0.25) is 11.4 Å². The summed E-state index contributed by atoms with van der Waals surface area (Å²) in [4.78, 5) is 0. The first-order valence-electron chi connectivity index (χ1n) is 38.7. The number of hydrogen-bond donors (Lipinski definition) is 0. The van der Waals surface area contributed by atoms with Crippen LogP contribution in [-0.2, 0) is 33.3 Å². The third kappa shape index (κ3) is 47.1. The van der Waals surface area contributed by atoms with Gasteiger partial charge in [-0.1, -0.05) is 393 Å². The van der Waals surface area contributed by atoms with Gasteiger partial charge in [0.25, 0.3) is 0 Å². The Morgan fingerprint density at radius 1 is 0.279 bits per heavy atom. The molecule has 2 aromatic carbocycles. The fourth-order valence-corrected chi connectivity index (χ4v) is 12.8. The molecule has 0 unspecified atom stereocenters. The van der Waals surface area contributed by atoms with Crippen LogP contribution < -0.4 is 0 Å². The zero-order valence-corrected chi connectivity index (χ0v) is 60.5. The zero-order chi connectivity index (χ0) is 61.6. The van der Waals surface area contributed by atoms with E-state index >= 15 is 0 Å². The molecule has 0 saturated heterocycles. The van der Waals surface area contributed by atoms with Crippen LogP contribution in [0.5, 0.6) is 0 Å². The Balaban J connectivity index is 0.00000126. The van der Waals surface area contributed by atoms with E-state index in [1.807, 2.05) is 0 Å². The van der Waals surface area contributed by atoms with Crippen LogP contribution in [0, 0.1) is 13.8 Å². The largest absolute Gasteiger partial charge is 2.00 e. The second-order valence-corrected chi connectivity index (χ2v) is 26.6. The molecule has 0 radical (unpaired) electrons. The van der Waals surface area contributed by atoms with Crippen molar-refractivity contribution in [3.8, 4) is 0 Å². The molecular weight excluding hydrogens is 1130 g/mol. The molecule has 1 aliphatic rings. The van der Waals surface area contributed by atoms with E-state index < -0.39 is 0 Å². The van der Waals surface area contributed by atoms with Gasteiger partial charge in [-0.15, -0.1) is 0 Å². The molecule has 0 bridgehead atoms. The molecule has 2 nitrogen and oxygen atoms in total. The first kappa shape index (κ1) is 84.2. The molecule has 3 heteroatoms. The van der Waals surface area contributed by atoms with Crippen molar-refractivity contribution in [1.29, 1.82) is 0 Å². The molecule has 0 atom stereocenters. The van der Waals surface area contributed by atoms with Crippen molar-refractivity contribution in [2.45, 2.75) is 420 Å². The minimum Gasteiger partial charge on any atom is -0.493 e. The van der Waals surface area contributed by atoms with Crippen LogP contribution >= 0.6 is 0 Å². The summed E-state index contributed by atoms with van der Waals surface area (Å²) in [6, 6.07) is 17.4. The first-order valence-corrected chi connectivity index (χ1v) is 38.7. The number of aryl methyl sites for hydroxylation is 2. The van der Waals surface area contributed by atoms with Crippen LogP contribution in [0.3, 0.4) is 0 Å². The summed E-state index contributed by atoms with van der Waals surface area (Å²) >= 11 is 0. The number of allylic oxidation sites excluding steroid dienone is 2. The monoisotopic (exact) mass is 1280 g/mol. The molecule has 0 saturated carbocycles. The molecular formula is C83H148N2Pd. The van der Waals surface area contributed by atoms with Crippen LogP contribution in [0.4, 0.5) is 0 Å². The SMILES string of the molecule is CCCCCC1=C(c2cccc(CC)c2)[N+](=[N-])C(c2cccc(CC)c2)=C1CCCC.[CH2-]CCCCCCCCCCCCCCCCCCCCCCCCCC.[CH2-]CCCCCCCCCCCCCCCCCCCCCCCCCC.[Pd+2]. The molecule has 0 amide bonds. The smallest absolute Gasteiger partial charge is 0.493 e. The third-order valence-electron chi connectivity index (χ3n) is 18.6. The summed E-state index contributed by atoms with van der Waals surface area (Å²) in [5.41, 5.74) is 21.1. The van der Waals surface area contributed by atoms with Crippen LogP contribution in [-0.4, -0.2) is 4.70 Å². The molecule has 0 fully saturated rings. The molecule has 0 N–H and O–H groups in total. The van der Waals surface area contributed by atoms with E-state index in [0.29, 0.717) is 0 Å². The molecule has 0 aliphatic carbocycles. The minimum atomic E-state index is 0. The van der Waals surface area contributed by atoms with Gasteiger partial charge in [0.05, 0.1) is 0 Å². The van der Waals surface area contributed by atoms with Crippen LogP contribution in [0.15, 0.2) is 59.7 Å². The molecule has 3 rings (SSSR count). The summed E-state index contributed by atoms with van der Waals surface area (Å²) in [7, 11) is 0. The van der Waals surface area contributed by atoms with E-state index in [9.17, 15) is 5.53 Å². The Kier molecular flexibility index (Phi) is 64.7. The van der Waals surface area contributed by atoms with E-state index in [4.69, 9.17) is 0 Å². The van der Waals surface area contributed by atoms with Gasteiger partial charge in [0, 0.05) is 22.3 Å². The Morgan fingerprint density at radius 2 is 0.488 bits per heavy atom.